The van der Waals surface area contributed by atoms with Crippen LogP contribution in [0, 0.1) is 0 Å². The number of benzene rings is 1. The Hall–Kier alpha value is -2.40. The molecular weight excluding hydrogens is 314 g/mol. The predicted octanol–water partition coefficient (Wildman–Crippen LogP) is 3.22. The Morgan fingerprint density at radius 3 is 2.57 bits per heavy atom. The minimum absolute atomic E-state index is 0.0765. The van der Waals surface area contributed by atoms with E-state index >= 15 is 0 Å². The van der Waals surface area contributed by atoms with Gasteiger partial charge in [-0.25, -0.2) is 0 Å². The Labute approximate surface area is 139 Å². The fourth-order valence-corrected chi connectivity index (χ4v) is 2.74. The summed E-state index contributed by atoms with van der Waals surface area (Å²) in [6.07, 6.45) is 4.99. The lowest BCUT2D eigenvalue weighted by Gasteiger charge is -2.15. The number of nitrogens with one attached hydrogen (secondary N) is 1. The molecule has 5 nitrogen and oxygen atoms in total. The number of aromatic nitrogens is 1. The van der Waals surface area contributed by atoms with Crippen molar-refractivity contribution in [3.8, 4) is 0 Å². The van der Waals surface area contributed by atoms with Gasteiger partial charge in [0.1, 0.15) is 0 Å². The van der Waals surface area contributed by atoms with Crippen molar-refractivity contribution in [1.29, 1.82) is 0 Å². The van der Waals surface area contributed by atoms with Gasteiger partial charge in [-0.05, 0) is 37.1 Å². The summed E-state index contributed by atoms with van der Waals surface area (Å²) in [4.78, 5) is 30.5. The van der Waals surface area contributed by atoms with Gasteiger partial charge in [-0.1, -0.05) is 17.7 Å². The van der Waals surface area contributed by atoms with Crippen LogP contribution in [-0.4, -0.2) is 34.8 Å². The van der Waals surface area contributed by atoms with Gasteiger partial charge in [-0.3, -0.25) is 14.6 Å². The van der Waals surface area contributed by atoms with Crippen molar-refractivity contribution in [2.75, 3.05) is 18.4 Å². The summed E-state index contributed by atoms with van der Waals surface area (Å²) in [7, 11) is 0. The van der Waals surface area contributed by atoms with E-state index in [1.807, 2.05) is 0 Å². The third-order valence-corrected chi connectivity index (χ3v) is 3.96. The number of nitrogens with zero attached hydrogens (tertiary/aromatic N) is 2. The number of rotatable bonds is 3. The number of hydrogen-bond acceptors (Lipinski definition) is 3. The highest BCUT2D eigenvalue weighted by Crippen LogP contribution is 2.17. The van der Waals surface area contributed by atoms with Crippen LogP contribution in [0.5, 0.6) is 0 Å². The standard InChI is InChI=1S/C17H16ClN3O2/c18-14-4-3-5-15(9-14)20-16(22)12-8-13(11-19-10-12)17(23)21-6-1-2-7-21/h3-5,8-11H,1-2,6-7H2,(H,20,22). The number of pyridine rings is 1. The topological polar surface area (TPSA) is 62.3 Å². The van der Waals surface area contributed by atoms with Crippen LogP contribution in [0.3, 0.4) is 0 Å². The first-order chi connectivity index (χ1) is 11.1. The third kappa shape index (κ3) is 3.68. The molecule has 1 saturated heterocycles. The highest BCUT2D eigenvalue weighted by Gasteiger charge is 2.20. The van der Waals surface area contributed by atoms with E-state index in [2.05, 4.69) is 10.3 Å². The van der Waals surface area contributed by atoms with Crippen molar-refractivity contribution in [3.63, 3.8) is 0 Å². The van der Waals surface area contributed by atoms with Crippen LogP contribution in [0.25, 0.3) is 0 Å². The summed E-state index contributed by atoms with van der Waals surface area (Å²) in [6, 6.07) is 8.47. The number of hydrogen-bond donors (Lipinski definition) is 1. The number of amides is 2. The molecule has 0 saturated carbocycles. The van der Waals surface area contributed by atoms with Gasteiger partial charge in [0.05, 0.1) is 11.1 Å². The van der Waals surface area contributed by atoms with Crippen LogP contribution in [0.15, 0.2) is 42.7 Å². The van der Waals surface area contributed by atoms with E-state index in [4.69, 9.17) is 11.6 Å². The lowest BCUT2D eigenvalue weighted by molar-refractivity contribution is 0.0792. The van der Waals surface area contributed by atoms with Crippen molar-refractivity contribution in [2.45, 2.75) is 12.8 Å². The second kappa shape index (κ2) is 6.79. The Morgan fingerprint density at radius 1 is 1.09 bits per heavy atom. The van der Waals surface area contributed by atoms with Crippen LogP contribution in [0.1, 0.15) is 33.6 Å². The average molecular weight is 330 g/mol. The number of halogens is 1. The summed E-state index contributed by atoms with van der Waals surface area (Å²) in [5.41, 5.74) is 1.37. The molecule has 2 aromatic rings. The second-order valence-electron chi connectivity index (χ2n) is 5.43. The number of likely N-dealkylation sites (tertiary alicyclic amines) is 1. The molecule has 3 rings (SSSR count). The zero-order valence-electron chi connectivity index (χ0n) is 12.5. The van der Waals surface area contributed by atoms with Crippen LogP contribution in [-0.2, 0) is 0 Å². The molecule has 1 N–H and O–H groups in total. The molecule has 0 radical (unpaired) electrons. The fraction of sp³-hybridized carbons (Fsp3) is 0.235. The molecule has 6 heteroatoms. The van der Waals surface area contributed by atoms with Crippen LogP contribution < -0.4 is 5.32 Å². The summed E-state index contributed by atoms with van der Waals surface area (Å²) < 4.78 is 0. The van der Waals surface area contributed by atoms with Crippen LogP contribution in [0.2, 0.25) is 5.02 Å². The summed E-state index contributed by atoms with van der Waals surface area (Å²) in [5, 5.41) is 3.29. The first-order valence-electron chi connectivity index (χ1n) is 7.45. The SMILES string of the molecule is O=C(Nc1cccc(Cl)c1)c1cncc(C(=O)N2CCCC2)c1. The van der Waals surface area contributed by atoms with Crippen molar-refractivity contribution < 1.29 is 9.59 Å². The highest BCUT2D eigenvalue weighted by molar-refractivity contribution is 6.31. The van der Waals surface area contributed by atoms with Crippen molar-refractivity contribution in [3.05, 3.63) is 58.9 Å². The van der Waals surface area contributed by atoms with Crippen molar-refractivity contribution in [1.82, 2.24) is 9.88 Å². The molecule has 118 valence electrons. The zero-order valence-corrected chi connectivity index (χ0v) is 13.2. The van der Waals surface area contributed by atoms with E-state index in [0.717, 1.165) is 25.9 Å². The van der Waals surface area contributed by atoms with Crippen LogP contribution >= 0.6 is 11.6 Å². The molecule has 1 aromatic carbocycles. The largest absolute Gasteiger partial charge is 0.339 e. The Kier molecular flexibility index (Phi) is 4.57. The average Bonchev–Trinajstić information content (AvgIpc) is 3.09. The molecule has 0 aliphatic carbocycles. The number of anilines is 1. The smallest absolute Gasteiger partial charge is 0.257 e. The van der Waals surface area contributed by atoms with E-state index in [0.29, 0.717) is 21.8 Å². The molecule has 0 atom stereocenters. The molecule has 0 spiro atoms. The van der Waals surface area contributed by atoms with E-state index in [-0.39, 0.29) is 11.8 Å². The van der Waals surface area contributed by atoms with Gasteiger partial charge in [0.15, 0.2) is 0 Å². The van der Waals surface area contributed by atoms with Gasteiger partial charge in [0.25, 0.3) is 11.8 Å². The van der Waals surface area contributed by atoms with E-state index < -0.39 is 0 Å². The summed E-state index contributed by atoms with van der Waals surface area (Å²) in [5.74, 6) is -0.400. The first-order valence-corrected chi connectivity index (χ1v) is 7.82. The van der Waals surface area contributed by atoms with Gasteiger partial charge in [-0.2, -0.15) is 0 Å². The molecule has 1 aliphatic heterocycles. The monoisotopic (exact) mass is 329 g/mol. The predicted molar refractivity (Wildman–Crippen MR) is 88.8 cm³/mol. The molecule has 1 aromatic heterocycles. The molecular formula is C17H16ClN3O2. The van der Waals surface area contributed by atoms with E-state index in [9.17, 15) is 9.59 Å². The van der Waals surface area contributed by atoms with Gasteiger partial charge < -0.3 is 10.2 Å². The zero-order chi connectivity index (χ0) is 16.2. The van der Waals surface area contributed by atoms with Gasteiger partial charge >= 0.3 is 0 Å². The summed E-state index contributed by atoms with van der Waals surface area (Å²) in [6.45, 7) is 1.52. The summed E-state index contributed by atoms with van der Waals surface area (Å²) >= 11 is 5.90. The second-order valence-corrected chi connectivity index (χ2v) is 5.86. The van der Waals surface area contributed by atoms with Crippen molar-refractivity contribution in [2.24, 2.45) is 0 Å². The molecule has 23 heavy (non-hydrogen) atoms. The molecule has 1 fully saturated rings. The van der Waals surface area contributed by atoms with E-state index in [1.54, 1.807) is 35.2 Å². The minimum atomic E-state index is -0.323. The normalized spacial score (nSPS) is 13.9. The Balaban J connectivity index is 1.76. The van der Waals surface area contributed by atoms with Gasteiger partial charge in [-0.15, -0.1) is 0 Å². The molecule has 2 heterocycles. The van der Waals surface area contributed by atoms with E-state index in [1.165, 1.54) is 12.4 Å². The third-order valence-electron chi connectivity index (χ3n) is 3.72. The maximum absolute atomic E-state index is 12.4. The molecule has 0 unspecified atom stereocenters. The molecule has 1 aliphatic rings. The Bertz CT molecular complexity index is 742. The number of carbonyl (C=O) groups is 2. The fourth-order valence-electron chi connectivity index (χ4n) is 2.55. The lowest BCUT2D eigenvalue weighted by atomic mass is 10.1. The van der Waals surface area contributed by atoms with Crippen LogP contribution in [0.4, 0.5) is 5.69 Å². The maximum Gasteiger partial charge on any atom is 0.257 e. The maximum atomic E-state index is 12.4. The Morgan fingerprint density at radius 2 is 1.83 bits per heavy atom. The first kappa shape index (κ1) is 15.5. The molecule has 0 bridgehead atoms. The number of carbonyl (C=O) groups excluding carboxylic acids is 2. The quantitative estimate of drug-likeness (QED) is 0.940. The van der Waals surface area contributed by atoms with Gasteiger partial charge in [0.2, 0.25) is 0 Å². The lowest BCUT2D eigenvalue weighted by Crippen LogP contribution is -2.28. The molecule has 2 amide bonds. The highest BCUT2D eigenvalue weighted by atomic mass is 35.5. The minimum Gasteiger partial charge on any atom is -0.339 e. The van der Waals surface area contributed by atoms with Crippen molar-refractivity contribution >= 4 is 29.1 Å². The van der Waals surface area contributed by atoms with Gasteiger partial charge in [0, 0.05) is 36.2 Å².